The second-order valence-corrected chi connectivity index (χ2v) is 6.24. The van der Waals surface area contributed by atoms with Crippen LogP contribution in [0.4, 0.5) is 5.69 Å². The molecule has 120 valence electrons. The molecule has 2 aromatic carbocycles. The Kier molecular flexibility index (Phi) is 3.65. The minimum absolute atomic E-state index is 0.153. The van der Waals surface area contributed by atoms with Crippen molar-refractivity contribution < 1.29 is 4.79 Å². The number of anilines is 1. The molecule has 1 amide bonds. The summed E-state index contributed by atoms with van der Waals surface area (Å²) in [6.07, 6.45) is 6.77. The third-order valence-corrected chi connectivity index (χ3v) is 4.50. The molecule has 24 heavy (non-hydrogen) atoms. The van der Waals surface area contributed by atoms with Gasteiger partial charge in [0.15, 0.2) is 0 Å². The van der Waals surface area contributed by atoms with Crippen LogP contribution in [-0.2, 0) is 17.6 Å². The highest BCUT2D eigenvalue weighted by molar-refractivity contribution is 5.96. The Balaban J connectivity index is 1.55. The van der Waals surface area contributed by atoms with Crippen molar-refractivity contribution in [1.29, 1.82) is 0 Å². The number of rotatable bonds is 3. The van der Waals surface area contributed by atoms with Gasteiger partial charge in [-0.15, -0.1) is 0 Å². The highest BCUT2D eigenvalue weighted by Crippen LogP contribution is 2.29. The van der Waals surface area contributed by atoms with Gasteiger partial charge in [0.1, 0.15) is 0 Å². The van der Waals surface area contributed by atoms with Crippen LogP contribution >= 0.6 is 0 Å². The number of aryl methyl sites for hydroxylation is 1. The molecule has 4 heteroatoms. The second-order valence-electron chi connectivity index (χ2n) is 6.24. The maximum absolute atomic E-state index is 12.8. The Morgan fingerprint density at radius 2 is 2.12 bits per heavy atom. The van der Waals surface area contributed by atoms with Crippen LogP contribution in [0.15, 0.2) is 61.2 Å². The molecule has 1 aliphatic rings. The highest BCUT2D eigenvalue weighted by atomic mass is 16.2. The number of hydrogen-bond donors (Lipinski definition) is 0. The van der Waals surface area contributed by atoms with E-state index in [1.54, 1.807) is 12.5 Å². The van der Waals surface area contributed by atoms with Gasteiger partial charge in [-0.1, -0.05) is 29.8 Å². The molecule has 0 saturated heterocycles. The quantitative estimate of drug-likeness (QED) is 0.743. The van der Waals surface area contributed by atoms with E-state index in [0.717, 1.165) is 29.9 Å². The molecule has 4 nitrogen and oxygen atoms in total. The number of imidazole rings is 1. The van der Waals surface area contributed by atoms with Crippen molar-refractivity contribution >= 4 is 11.6 Å². The lowest BCUT2D eigenvalue weighted by Gasteiger charge is -2.18. The minimum atomic E-state index is 0.153. The number of aromatic nitrogens is 2. The molecule has 0 fully saturated rings. The fraction of sp³-hybridized carbons (Fsp3) is 0.200. The molecule has 0 saturated carbocycles. The summed E-state index contributed by atoms with van der Waals surface area (Å²) >= 11 is 0. The van der Waals surface area contributed by atoms with Gasteiger partial charge < -0.3 is 9.47 Å². The zero-order valence-corrected chi connectivity index (χ0v) is 13.6. The van der Waals surface area contributed by atoms with Gasteiger partial charge in [0.2, 0.25) is 5.91 Å². The Bertz CT molecular complexity index is 884. The summed E-state index contributed by atoms with van der Waals surface area (Å²) in [6.45, 7) is 2.87. The first-order chi connectivity index (χ1) is 11.7. The van der Waals surface area contributed by atoms with Gasteiger partial charge in [-0.2, -0.15) is 0 Å². The maximum Gasteiger partial charge on any atom is 0.231 e. The standard InChI is InChI=1S/C20H19N3O/c1-15-5-6-19-17(11-15)7-9-23(19)20(24)13-16-3-2-4-18(12-16)22-10-8-21-14-22/h2-6,8,10-12,14H,7,9,13H2,1H3. The van der Waals surface area contributed by atoms with Gasteiger partial charge in [-0.05, 0) is 42.7 Å². The Morgan fingerprint density at radius 3 is 2.96 bits per heavy atom. The predicted octanol–water partition coefficient (Wildman–Crippen LogP) is 3.31. The maximum atomic E-state index is 12.8. The highest BCUT2D eigenvalue weighted by Gasteiger charge is 2.24. The van der Waals surface area contributed by atoms with Crippen molar-refractivity contribution in [2.75, 3.05) is 11.4 Å². The van der Waals surface area contributed by atoms with Crippen molar-refractivity contribution in [3.05, 3.63) is 77.9 Å². The third-order valence-electron chi connectivity index (χ3n) is 4.50. The van der Waals surface area contributed by atoms with Gasteiger partial charge in [0, 0.05) is 30.3 Å². The SMILES string of the molecule is Cc1ccc2c(c1)CCN2C(=O)Cc1cccc(-n2ccnc2)c1. The summed E-state index contributed by atoms with van der Waals surface area (Å²) in [7, 11) is 0. The number of nitrogens with zero attached hydrogens (tertiary/aromatic N) is 3. The van der Waals surface area contributed by atoms with E-state index in [2.05, 4.69) is 30.1 Å². The lowest BCUT2D eigenvalue weighted by atomic mass is 10.1. The molecule has 1 aromatic heterocycles. The molecule has 0 bridgehead atoms. The molecule has 3 aromatic rings. The molecule has 0 atom stereocenters. The molecular weight excluding hydrogens is 298 g/mol. The van der Waals surface area contributed by atoms with Crippen LogP contribution < -0.4 is 4.90 Å². The Morgan fingerprint density at radius 1 is 1.21 bits per heavy atom. The van der Waals surface area contributed by atoms with Crippen LogP contribution in [0.1, 0.15) is 16.7 Å². The van der Waals surface area contributed by atoms with E-state index in [1.165, 1.54) is 11.1 Å². The van der Waals surface area contributed by atoms with Crippen LogP contribution in [0.25, 0.3) is 5.69 Å². The Hall–Kier alpha value is -2.88. The van der Waals surface area contributed by atoms with E-state index < -0.39 is 0 Å². The number of carbonyl (C=O) groups excluding carboxylic acids is 1. The summed E-state index contributed by atoms with van der Waals surface area (Å²) in [4.78, 5) is 18.8. The summed E-state index contributed by atoms with van der Waals surface area (Å²) < 4.78 is 1.95. The summed E-state index contributed by atoms with van der Waals surface area (Å²) in [5.74, 6) is 0.153. The van der Waals surface area contributed by atoms with Crippen LogP contribution in [0.3, 0.4) is 0 Å². The first-order valence-corrected chi connectivity index (χ1v) is 8.18. The first-order valence-electron chi connectivity index (χ1n) is 8.18. The fourth-order valence-electron chi connectivity index (χ4n) is 3.30. The van der Waals surface area contributed by atoms with Gasteiger partial charge in [0.25, 0.3) is 0 Å². The average Bonchev–Trinajstić information content (AvgIpc) is 3.24. The molecule has 0 N–H and O–H groups in total. The van der Waals surface area contributed by atoms with Crippen molar-refractivity contribution in [3.8, 4) is 5.69 Å². The molecular formula is C20H19N3O. The monoisotopic (exact) mass is 317 g/mol. The third kappa shape index (κ3) is 2.71. The van der Waals surface area contributed by atoms with Crippen LogP contribution in [0.5, 0.6) is 0 Å². The topological polar surface area (TPSA) is 38.1 Å². The average molecular weight is 317 g/mol. The number of benzene rings is 2. The van der Waals surface area contributed by atoms with Crippen molar-refractivity contribution in [2.24, 2.45) is 0 Å². The number of amides is 1. The molecule has 4 rings (SSSR count). The van der Waals surface area contributed by atoms with Crippen molar-refractivity contribution in [1.82, 2.24) is 9.55 Å². The summed E-state index contributed by atoms with van der Waals surface area (Å²) in [5.41, 5.74) is 5.63. The van der Waals surface area contributed by atoms with E-state index in [4.69, 9.17) is 0 Å². The van der Waals surface area contributed by atoms with Crippen molar-refractivity contribution in [3.63, 3.8) is 0 Å². The lowest BCUT2D eigenvalue weighted by Crippen LogP contribution is -2.30. The number of carbonyl (C=O) groups is 1. The molecule has 1 aliphatic heterocycles. The minimum Gasteiger partial charge on any atom is -0.312 e. The molecule has 0 aliphatic carbocycles. The van der Waals surface area contributed by atoms with Gasteiger partial charge in [-0.25, -0.2) is 4.98 Å². The zero-order chi connectivity index (χ0) is 16.5. The Labute approximate surface area is 141 Å². The van der Waals surface area contributed by atoms with E-state index in [9.17, 15) is 4.79 Å². The van der Waals surface area contributed by atoms with Gasteiger partial charge in [0.05, 0.1) is 12.7 Å². The van der Waals surface area contributed by atoms with E-state index in [1.807, 2.05) is 39.9 Å². The molecule has 0 unspecified atom stereocenters. The summed E-state index contributed by atoms with van der Waals surface area (Å²) in [5, 5.41) is 0. The largest absolute Gasteiger partial charge is 0.312 e. The molecule has 0 spiro atoms. The van der Waals surface area contributed by atoms with Crippen molar-refractivity contribution in [2.45, 2.75) is 19.8 Å². The van der Waals surface area contributed by atoms with Crippen LogP contribution in [-0.4, -0.2) is 22.0 Å². The predicted molar refractivity (Wildman–Crippen MR) is 94.5 cm³/mol. The normalized spacial score (nSPS) is 13.1. The van der Waals surface area contributed by atoms with E-state index >= 15 is 0 Å². The molecule has 0 radical (unpaired) electrons. The molecule has 2 heterocycles. The van der Waals surface area contributed by atoms with Crippen LogP contribution in [0.2, 0.25) is 0 Å². The smallest absolute Gasteiger partial charge is 0.231 e. The van der Waals surface area contributed by atoms with E-state index in [0.29, 0.717) is 6.42 Å². The van der Waals surface area contributed by atoms with Crippen LogP contribution in [0, 0.1) is 6.92 Å². The second kappa shape index (κ2) is 5.96. The number of fused-ring (bicyclic) bond motifs is 1. The lowest BCUT2D eigenvalue weighted by molar-refractivity contribution is -0.117. The van der Waals surface area contributed by atoms with E-state index in [-0.39, 0.29) is 5.91 Å². The fourth-order valence-corrected chi connectivity index (χ4v) is 3.30. The van der Waals surface area contributed by atoms with Gasteiger partial charge in [-0.3, -0.25) is 4.79 Å². The summed E-state index contributed by atoms with van der Waals surface area (Å²) in [6, 6.07) is 14.4. The zero-order valence-electron chi connectivity index (χ0n) is 13.6. The number of hydrogen-bond acceptors (Lipinski definition) is 2. The first kappa shape index (κ1) is 14.7. The van der Waals surface area contributed by atoms with Gasteiger partial charge >= 0.3 is 0 Å².